The molecule has 0 amide bonds. The highest BCUT2D eigenvalue weighted by molar-refractivity contribution is 5.04. The van der Waals surface area contributed by atoms with Crippen molar-refractivity contribution in [2.24, 2.45) is 5.92 Å². The number of nitrogens with one attached hydrogen (secondary N) is 1. The first-order valence-corrected chi connectivity index (χ1v) is 6.72. The van der Waals surface area contributed by atoms with Gasteiger partial charge < -0.3 is 5.32 Å². The molecule has 1 nitrogen and oxygen atoms in total. The van der Waals surface area contributed by atoms with Crippen molar-refractivity contribution in [3.63, 3.8) is 0 Å². The van der Waals surface area contributed by atoms with Crippen molar-refractivity contribution in [1.82, 2.24) is 5.32 Å². The summed E-state index contributed by atoms with van der Waals surface area (Å²) in [6.45, 7) is 6.74. The van der Waals surface area contributed by atoms with E-state index in [2.05, 4.69) is 25.2 Å². The highest BCUT2D eigenvalue weighted by atomic mass is 14.8. The third kappa shape index (κ3) is 5.36. The fourth-order valence-electron chi connectivity index (χ4n) is 2.48. The van der Waals surface area contributed by atoms with Crippen LogP contribution in [0.3, 0.4) is 0 Å². The Morgan fingerprint density at radius 3 is 2.47 bits per heavy atom. The highest BCUT2D eigenvalue weighted by Gasteiger charge is 2.12. The molecule has 1 N–H and O–H groups in total. The topological polar surface area (TPSA) is 12.0 Å². The van der Waals surface area contributed by atoms with Crippen molar-refractivity contribution >= 4 is 0 Å². The molecule has 0 saturated heterocycles. The molecule has 1 saturated carbocycles. The molecule has 0 radical (unpaired) electrons. The quantitative estimate of drug-likeness (QED) is 0.411. The largest absolute Gasteiger partial charge is 0.317 e. The molecule has 1 aliphatic rings. The van der Waals surface area contributed by atoms with E-state index in [4.69, 9.17) is 0 Å². The normalized spacial score (nSPS) is 20.3. The van der Waals surface area contributed by atoms with Gasteiger partial charge in [-0.15, -0.1) is 0 Å². The average molecular weight is 209 g/mol. The number of hydrogen-bond donors (Lipinski definition) is 1. The molecule has 88 valence electrons. The van der Waals surface area contributed by atoms with E-state index in [1.807, 2.05) is 0 Å². The summed E-state index contributed by atoms with van der Waals surface area (Å²) in [5.74, 6) is 0.897. The minimum Gasteiger partial charge on any atom is -0.317 e. The molecule has 0 aromatic heterocycles. The Morgan fingerprint density at radius 1 is 1.20 bits per heavy atom. The van der Waals surface area contributed by atoms with Crippen LogP contribution in [-0.2, 0) is 0 Å². The van der Waals surface area contributed by atoms with Gasteiger partial charge in [0.15, 0.2) is 0 Å². The van der Waals surface area contributed by atoms with Crippen LogP contribution in [0.2, 0.25) is 0 Å². The molecule has 1 aliphatic carbocycles. The summed E-state index contributed by atoms with van der Waals surface area (Å²) in [5.41, 5.74) is 1.65. The van der Waals surface area contributed by atoms with Crippen LogP contribution in [0, 0.1) is 5.92 Å². The van der Waals surface area contributed by atoms with E-state index in [0.29, 0.717) is 0 Å². The van der Waals surface area contributed by atoms with Gasteiger partial charge in [0.25, 0.3) is 0 Å². The van der Waals surface area contributed by atoms with Crippen molar-refractivity contribution in [2.75, 3.05) is 13.1 Å². The fourth-order valence-corrected chi connectivity index (χ4v) is 2.48. The zero-order valence-electron chi connectivity index (χ0n) is 10.5. The first kappa shape index (κ1) is 12.8. The molecule has 0 aromatic carbocycles. The molecule has 1 rings (SSSR count). The SMILES string of the molecule is CCNCC/C=C(/C)C1CCCCCC1. The Hall–Kier alpha value is -0.300. The van der Waals surface area contributed by atoms with E-state index >= 15 is 0 Å². The van der Waals surface area contributed by atoms with Gasteiger partial charge in [-0.2, -0.15) is 0 Å². The van der Waals surface area contributed by atoms with Crippen LogP contribution < -0.4 is 5.32 Å². The molecule has 0 bridgehead atoms. The van der Waals surface area contributed by atoms with Gasteiger partial charge in [0.1, 0.15) is 0 Å². The van der Waals surface area contributed by atoms with Crippen LogP contribution in [0.5, 0.6) is 0 Å². The van der Waals surface area contributed by atoms with Crippen LogP contribution in [-0.4, -0.2) is 13.1 Å². The van der Waals surface area contributed by atoms with Gasteiger partial charge in [0, 0.05) is 0 Å². The van der Waals surface area contributed by atoms with Gasteiger partial charge in [-0.25, -0.2) is 0 Å². The molecule has 1 fully saturated rings. The van der Waals surface area contributed by atoms with E-state index < -0.39 is 0 Å². The van der Waals surface area contributed by atoms with E-state index in [0.717, 1.165) is 19.0 Å². The van der Waals surface area contributed by atoms with Gasteiger partial charge in [-0.1, -0.05) is 44.3 Å². The van der Waals surface area contributed by atoms with Gasteiger partial charge in [0.2, 0.25) is 0 Å². The Kier molecular flexibility index (Phi) is 6.74. The van der Waals surface area contributed by atoms with Crippen molar-refractivity contribution < 1.29 is 0 Å². The maximum absolute atomic E-state index is 3.37. The van der Waals surface area contributed by atoms with E-state index in [1.165, 1.54) is 44.9 Å². The second-order valence-electron chi connectivity index (χ2n) is 4.78. The number of allylic oxidation sites excluding steroid dienone is 1. The van der Waals surface area contributed by atoms with Crippen molar-refractivity contribution in [3.05, 3.63) is 11.6 Å². The monoisotopic (exact) mass is 209 g/mol. The summed E-state index contributed by atoms with van der Waals surface area (Å²) < 4.78 is 0. The van der Waals surface area contributed by atoms with Gasteiger partial charge >= 0.3 is 0 Å². The van der Waals surface area contributed by atoms with Gasteiger partial charge in [-0.3, -0.25) is 0 Å². The smallest absolute Gasteiger partial charge is 0.00143 e. The lowest BCUT2D eigenvalue weighted by Crippen LogP contribution is -2.13. The summed E-state index contributed by atoms with van der Waals surface area (Å²) in [5, 5.41) is 3.37. The van der Waals surface area contributed by atoms with Crippen molar-refractivity contribution in [1.29, 1.82) is 0 Å². The number of hydrogen-bond acceptors (Lipinski definition) is 1. The molecule has 0 aliphatic heterocycles. The molecule has 0 spiro atoms. The third-order valence-electron chi connectivity index (χ3n) is 3.54. The van der Waals surface area contributed by atoms with Crippen molar-refractivity contribution in [3.8, 4) is 0 Å². The molecule has 0 heterocycles. The van der Waals surface area contributed by atoms with Crippen LogP contribution in [0.1, 0.15) is 58.8 Å². The maximum atomic E-state index is 3.37. The second-order valence-corrected chi connectivity index (χ2v) is 4.78. The molecule has 0 atom stereocenters. The highest BCUT2D eigenvalue weighted by Crippen LogP contribution is 2.28. The summed E-state index contributed by atoms with van der Waals surface area (Å²) >= 11 is 0. The summed E-state index contributed by atoms with van der Waals surface area (Å²) in [4.78, 5) is 0. The first-order valence-electron chi connectivity index (χ1n) is 6.72. The molecule has 15 heavy (non-hydrogen) atoms. The summed E-state index contributed by atoms with van der Waals surface area (Å²) in [6, 6.07) is 0. The fraction of sp³-hybridized carbons (Fsp3) is 0.857. The Bertz CT molecular complexity index is 176. The molecular weight excluding hydrogens is 182 g/mol. The zero-order valence-corrected chi connectivity index (χ0v) is 10.5. The Morgan fingerprint density at radius 2 is 1.87 bits per heavy atom. The van der Waals surface area contributed by atoms with E-state index in [-0.39, 0.29) is 0 Å². The average Bonchev–Trinajstić information content (AvgIpc) is 2.52. The summed E-state index contributed by atoms with van der Waals surface area (Å²) in [7, 11) is 0. The minimum atomic E-state index is 0.897. The zero-order chi connectivity index (χ0) is 10.9. The van der Waals surface area contributed by atoms with E-state index in [1.54, 1.807) is 5.57 Å². The standard InChI is InChI=1S/C14H27N/c1-3-15-12-8-9-13(2)14-10-6-4-5-7-11-14/h9,14-15H,3-8,10-12H2,1-2H3/b13-9-. The summed E-state index contributed by atoms with van der Waals surface area (Å²) in [6.07, 6.45) is 12.3. The lowest BCUT2D eigenvalue weighted by molar-refractivity contribution is 0.527. The van der Waals surface area contributed by atoms with Gasteiger partial charge in [-0.05, 0) is 45.2 Å². The molecule has 1 heteroatoms. The second kappa shape index (κ2) is 7.92. The van der Waals surface area contributed by atoms with Gasteiger partial charge in [0.05, 0.1) is 0 Å². The predicted octanol–water partition coefficient (Wildman–Crippen LogP) is 3.90. The maximum Gasteiger partial charge on any atom is -0.00143 e. The Labute approximate surface area is 95.3 Å². The lowest BCUT2D eigenvalue weighted by Gasteiger charge is -2.14. The third-order valence-corrected chi connectivity index (χ3v) is 3.54. The van der Waals surface area contributed by atoms with Crippen LogP contribution in [0.25, 0.3) is 0 Å². The minimum absolute atomic E-state index is 0.897. The van der Waals surface area contributed by atoms with Crippen molar-refractivity contribution in [2.45, 2.75) is 58.8 Å². The van der Waals surface area contributed by atoms with Crippen LogP contribution in [0.15, 0.2) is 11.6 Å². The molecule has 0 aromatic rings. The molecular formula is C14H27N. The van der Waals surface area contributed by atoms with E-state index in [9.17, 15) is 0 Å². The predicted molar refractivity (Wildman–Crippen MR) is 68.1 cm³/mol. The Balaban J connectivity index is 2.26. The van der Waals surface area contributed by atoms with Crippen LogP contribution >= 0.6 is 0 Å². The van der Waals surface area contributed by atoms with Crippen LogP contribution in [0.4, 0.5) is 0 Å². The lowest BCUT2D eigenvalue weighted by atomic mass is 9.92. The first-order chi connectivity index (χ1) is 7.34. The number of rotatable bonds is 5. The molecule has 0 unspecified atom stereocenters.